The molecule has 0 aliphatic carbocycles. The minimum atomic E-state index is -2.75. The number of carbonyl (C=O) groups excluding carboxylic acids is 1. The average molecular weight is 369 g/mol. The van der Waals surface area contributed by atoms with Crippen LogP contribution in [0.25, 0.3) is 0 Å². The number of piperazine rings is 1. The van der Waals surface area contributed by atoms with Gasteiger partial charge in [0.25, 0.3) is 6.43 Å². The van der Waals surface area contributed by atoms with Gasteiger partial charge in [0, 0.05) is 31.9 Å². The van der Waals surface area contributed by atoms with Crippen LogP contribution in [0, 0.1) is 6.92 Å². The first kappa shape index (κ1) is 17.7. The van der Waals surface area contributed by atoms with Gasteiger partial charge < -0.3 is 9.80 Å². The third kappa shape index (κ3) is 3.76. The first-order chi connectivity index (χ1) is 12.0. The number of rotatable bonds is 4. The first-order valence-corrected chi connectivity index (χ1v) is 8.44. The van der Waals surface area contributed by atoms with Crippen LogP contribution in [0.4, 0.5) is 14.5 Å². The van der Waals surface area contributed by atoms with E-state index in [-0.39, 0.29) is 17.5 Å². The highest BCUT2D eigenvalue weighted by molar-refractivity contribution is 6.31. The second-order valence-electron chi connectivity index (χ2n) is 5.95. The Hall–Kier alpha value is -2.15. The van der Waals surface area contributed by atoms with Crippen molar-refractivity contribution < 1.29 is 13.6 Å². The Bertz CT molecular complexity index is 743. The first-order valence-electron chi connectivity index (χ1n) is 8.06. The van der Waals surface area contributed by atoms with Gasteiger partial charge in [-0.2, -0.15) is 5.10 Å². The maximum absolute atomic E-state index is 12.9. The molecule has 0 atom stereocenters. The molecule has 1 amide bonds. The summed E-state index contributed by atoms with van der Waals surface area (Å²) in [6.45, 7) is 4.15. The summed E-state index contributed by atoms with van der Waals surface area (Å²) in [5, 5.41) is 3.71. The van der Waals surface area contributed by atoms with Crippen molar-refractivity contribution in [2.24, 2.45) is 0 Å². The standard InChI is InChI=1S/C17H19ClF2N4O/c1-12-15(18)16(17(19)20)21-24(12)11-14(25)23-9-7-22(8-10-23)13-5-3-2-4-6-13/h2-6,17H,7-11H2,1H3. The molecule has 134 valence electrons. The molecule has 1 fully saturated rings. The molecule has 0 spiro atoms. The van der Waals surface area contributed by atoms with Crippen LogP contribution in [-0.2, 0) is 11.3 Å². The number of halogens is 3. The van der Waals surface area contributed by atoms with Gasteiger partial charge in [0.1, 0.15) is 12.2 Å². The van der Waals surface area contributed by atoms with E-state index in [0.29, 0.717) is 18.8 Å². The number of nitrogens with zero attached hydrogens (tertiary/aromatic N) is 4. The largest absolute Gasteiger partial charge is 0.368 e. The molecular weight excluding hydrogens is 350 g/mol. The lowest BCUT2D eigenvalue weighted by atomic mass is 10.2. The monoisotopic (exact) mass is 368 g/mol. The maximum Gasteiger partial charge on any atom is 0.283 e. The summed E-state index contributed by atoms with van der Waals surface area (Å²) in [4.78, 5) is 16.4. The molecule has 1 aromatic carbocycles. The van der Waals surface area contributed by atoms with E-state index in [2.05, 4.69) is 10.00 Å². The minimum Gasteiger partial charge on any atom is -0.368 e. The number of hydrogen-bond donors (Lipinski definition) is 0. The van der Waals surface area contributed by atoms with Gasteiger partial charge in [0.15, 0.2) is 0 Å². The molecule has 1 aliphatic rings. The van der Waals surface area contributed by atoms with E-state index in [0.717, 1.165) is 18.8 Å². The fraction of sp³-hybridized carbons (Fsp3) is 0.412. The Morgan fingerprint density at radius 2 is 1.84 bits per heavy atom. The molecule has 0 radical (unpaired) electrons. The summed E-state index contributed by atoms with van der Waals surface area (Å²) < 4.78 is 27.0. The van der Waals surface area contributed by atoms with Crippen molar-refractivity contribution in [1.82, 2.24) is 14.7 Å². The van der Waals surface area contributed by atoms with E-state index in [9.17, 15) is 13.6 Å². The molecule has 0 N–H and O–H groups in total. The molecule has 8 heteroatoms. The van der Waals surface area contributed by atoms with E-state index in [1.807, 2.05) is 30.3 Å². The van der Waals surface area contributed by atoms with Gasteiger partial charge in [-0.05, 0) is 19.1 Å². The fourth-order valence-corrected chi connectivity index (χ4v) is 3.14. The quantitative estimate of drug-likeness (QED) is 0.832. The molecule has 0 bridgehead atoms. The molecule has 5 nitrogen and oxygen atoms in total. The van der Waals surface area contributed by atoms with Crippen molar-refractivity contribution in [1.29, 1.82) is 0 Å². The van der Waals surface area contributed by atoms with E-state index in [1.165, 1.54) is 4.68 Å². The second-order valence-corrected chi connectivity index (χ2v) is 6.32. The number of benzene rings is 1. The van der Waals surface area contributed by atoms with Gasteiger partial charge in [-0.1, -0.05) is 29.8 Å². The molecule has 0 saturated carbocycles. The van der Waals surface area contributed by atoms with Crippen molar-refractivity contribution in [2.45, 2.75) is 19.9 Å². The molecule has 1 aromatic heterocycles. The SMILES string of the molecule is Cc1c(Cl)c(C(F)F)nn1CC(=O)N1CCN(c2ccccc2)CC1. The number of para-hydroxylation sites is 1. The van der Waals surface area contributed by atoms with Crippen molar-refractivity contribution >= 4 is 23.2 Å². The molecule has 1 aliphatic heterocycles. The number of anilines is 1. The van der Waals surface area contributed by atoms with Crippen LogP contribution in [0.5, 0.6) is 0 Å². The average Bonchev–Trinajstić information content (AvgIpc) is 2.91. The summed E-state index contributed by atoms with van der Waals surface area (Å²) in [7, 11) is 0. The van der Waals surface area contributed by atoms with Gasteiger partial charge in [-0.15, -0.1) is 0 Å². The van der Waals surface area contributed by atoms with Crippen LogP contribution >= 0.6 is 11.6 Å². The van der Waals surface area contributed by atoms with Gasteiger partial charge in [0.2, 0.25) is 5.91 Å². The van der Waals surface area contributed by atoms with Gasteiger partial charge in [-0.25, -0.2) is 8.78 Å². The van der Waals surface area contributed by atoms with Crippen molar-refractivity contribution in [3.63, 3.8) is 0 Å². The van der Waals surface area contributed by atoms with Crippen molar-refractivity contribution in [2.75, 3.05) is 31.1 Å². The molecule has 1 saturated heterocycles. The molecule has 2 aromatic rings. The summed E-state index contributed by atoms with van der Waals surface area (Å²) in [5.74, 6) is -0.143. The lowest BCUT2D eigenvalue weighted by Crippen LogP contribution is -2.49. The number of amides is 1. The smallest absolute Gasteiger partial charge is 0.283 e. The third-order valence-electron chi connectivity index (χ3n) is 4.40. The van der Waals surface area contributed by atoms with E-state index >= 15 is 0 Å². The van der Waals surface area contributed by atoms with Crippen LogP contribution in [-0.4, -0.2) is 46.8 Å². The highest BCUT2D eigenvalue weighted by Gasteiger charge is 2.25. The molecular formula is C17H19ClF2N4O. The van der Waals surface area contributed by atoms with Crippen LogP contribution in [0.3, 0.4) is 0 Å². The zero-order valence-corrected chi connectivity index (χ0v) is 14.6. The van der Waals surface area contributed by atoms with E-state index < -0.39 is 12.1 Å². The van der Waals surface area contributed by atoms with Crippen LogP contribution in [0.1, 0.15) is 17.8 Å². The number of aromatic nitrogens is 2. The Kier molecular flexibility index (Phi) is 5.22. The van der Waals surface area contributed by atoms with Crippen LogP contribution in [0.15, 0.2) is 30.3 Å². The lowest BCUT2D eigenvalue weighted by molar-refractivity contribution is -0.132. The van der Waals surface area contributed by atoms with Crippen LogP contribution in [0.2, 0.25) is 5.02 Å². The lowest BCUT2D eigenvalue weighted by Gasteiger charge is -2.36. The Morgan fingerprint density at radius 1 is 1.20 bits per heavy atom. The molecule has 25 heavy (non-hydrogen) atoms. The van der Waals surface area contributed by atoms with Gasteiger partial charge >= 0.3 is 0 Å². The van der Waals surface area contributed by atoms with Gasteiger partial charge in [-0.3, -0.25) is 9.48 Å². The Labute approximate surface area is 149 Å². The van der Waals surface area contributed by atoms with E-state index in [1.54, 1.807) is 11.8 Å². The van der Waals surface area contributed by atoms with Crippen LogP contribution < -0.4 is 4.90 Å². The van der Waals surface area contributed by atoms with Gasteiger partial charge in [0.05, 0.1) is 10.7 Å². The second kappa shape index (κ2) is 7.39. The molecule has 2 heterocycles. The summed E-state index contributed by atoms with van der Waals surface area (Å²) in [6.07, 6.45) is -2.75. The summed E-state index contributed by atoms with van der Waals surface area (Å²) >= 11 is 5.87. The Balaban J connectivity index is 1.61. The molecule has 0 unspecified atom stereocenters. The highest BCUT2D eigenvalue weighted by atomic mass is 35.5. The molecule has 3 rings (SSSR count). The third-order valence-corrected chi connectivity index (χ3v) is 4.87. The highest BCUT2D eigenvalue weighted by Crippen LogP contribution is 2.28. The zero-order valence-electron chi connectivity index (χ0n) is 13.8. The number of hydrogen-bond acceptors (Lipinski definition) is 3. The predicted octanol–water partition coefficient (Wildman–Crippen LogP) is 3.13. The number of alkyl halides is 2. The van der Waals surface area contributed by atoms with E-state index in [4.69, 9.17) is 11.6 Å². The predicted molar refractivity (Wildman–Crippen MR) is 92.2 cm³/mol. The zero-order chi connectivity index (χ0) is 18.0. The topological polar surface area (TPSA) is 41.4 Å². The number of carbonyl (C=O) groups is 1. The Morgan fingerprint density at radius 3 is 2.40 bits per heavy atom. The summed E-state index contributed by atoms with van der Waals surface area (Å²) in [5.41, 5.74) is 1.04. The fourth-order valence-electron chi connectivity index (χ4n) is 2.92. The maximum atomic E-state index is 12.9. The summed E-state index contributed by atoms with van der Waals surface area (Å²) in [6, 6.07) is 10.0. The minimum absolute atomic E-state index is 0.0725. The normalized spacial score (nSPS) is 15.1. The van der Waals surface area contributed by atoms with Crippen molar-refractivity contribution in [3.05, 3.63) is 46.7 Å². The van der Waals surface area contributed by atoms with Crippen molar-refractivity contribution in [3.8, 4) is 0 Å².